The fourth-order valence-corrected chi connectivity index (χ4v) is 2.96. The Hall–Kier alpha value is -0.920. The molecule has 0 saturated heterocycles. The molecule has 1 aliphatic carbocycles. The third-order valence-electron chi connectivity index (χ3n) is 4.07. The summed E-state index contributed by atoms with van der Waals surface area (Å²) < 4.78 is 0. The summed E-state index contributed by atoms with van der Waals surface area (Å²) in [7, 11) is 0. The predicted octanol–water partition coefficient (Wildman–Crippen LogP) is 4.33. The molecule has 0 unspecified atom stereocenters. The van der Waals surface area contributed by atoms with Gasteiger partial charge in [0.2, 0.25) is 0 Å². The molecule has 1 aromatic heterocycles. The van der Waals surface area contributed by atoms with E-state index in [1.54, 1.807) is 6.20 Å². The first-order chi connectivity index (χ1) is 8.40. The Morgan fingerprint density at radius 2 is 2.00 bits per heavy atom. The summed E-state index contributed by atoms with van der Waals surface area (Å²) in [6, 6.07) is 4.14. The van der Waals surface area contributed by atoms with Gasteiger partial charge >= 0.3 is 0 Å². The Labute approximate surface area is 105 Å². The average Bonchev–Trinajstić information content (AvgIpc) is 2.41. The van der Waals surface area contributed by atoms with E-state index in [2.05, 4.69) is 23.2 Å². The topological polar surface area (TPSA) is 25.8 Å². The van der Waals surface area contributed by atoms with Crippen molar-refractivity contribution in [2.45, 2.75) is 64.2 Å². The number of aromatic nitrogens is 2. The SMILES string of the molecule is CCCCC[C@H]1CC[C@H](c2cccnn2)CC1. The van der Waals surface area contributed by atoms with Crippen LogP contribution in [0.2, 0.25) is 0 Å². The molecular weight excluding hydrogens is 208 g/mol. The zero-order chi connectivity index (χ0) is 11.9. The van der Waals surface area contributed by atoms with Crippen molar-refractivity contribution >= 4 is 0 Å². The Kier molecular flexibility index (Phi) is 4.96. The second kappa shape index (κ2) is 6.73. The first-order valence-electron chi connectivity index (χ1n) is 7.17. The van der Waals surface area contributed by atoms with Crippen molar-refractivity contribution in [2.75, 3.05) is 0 Å². The Bertz CT molecular complexity index is 302. The number of hydrogen-bond donors (Lipinski definition) is 0. The smallest absolute Gasteiger partial charge is 0.0661 e. The molecule has 0 aliphatic heterocycles. The van der Waals surface area contributed by atoms with Gasteiger partial charge in [-0.25, -0.2) is 0 Å². The van der Waals surface area contributed by atoms with Crippen LogP contribution in [-0.4, -0.2) is 10.2 Å². The van der Waals surface area contributed by atoms with Gasteiger partial charge in [-0.05, 0) is 43.7 Å². The fourth-order valence-electron chi connectivity index (χ4n) is 2.96. The molecule has 1 aromatic rings. The first kappa shape index (κ1) is 12.5. The van der Waals surface area contributed by atoms with E-state index < -0.39 is 0 Å². The number of hydrogen-bond acceptors (Lipinski definition) is 2. The molecule has 2 heteroatoms. The summed E-state index contributed by atoms with van der Waals surface area (Å²) in [4.78, 5) is 0. The highest BCUT2D eigenvalue weighted by Gasteiger charge is 2.22. The highest BCUT2D eigenvalue weighted by Crippen LogP contribution is 2.36. The molecule has 0 atom stereocenters. The van der Waals surface area contributed by atoms with E-state index in [4.69, 9.17) is 0 Å². The predicted molar refractivity (Wildman–Crippen MR) is 70.9 cm³/mol. The number of rotatable bonds is 5. The zero-order valence-corrected chi connectivity index (χ0v) is 10.9. The third kappa shape index (κ3) is 3.79. The Balaban J connectivity index is 1.74. The molecule has 0 amide bonds. The van der Waals surface area contributed by atoms with Crippen molar-refractivity contribution in [3.8, 4) is 0 Å². The van der Waals surface area contributed by atoms with Crippen LogP contribution in [0.4, 0.5) is 0 Å². The van der Waals surface area contributed by atoms with Crippen molar-refractivity contribution in [3.63, 3.8) is 0 Å². The lowest BCUT2D eigenvalue weighted by atomic mass is 9.78. The van der Waals surface area contributed by atoms with Gasteiger partial charge in [0.25, 0.3) is 0 Å². The highest BCUT2D eigenvalue weighted by atomic mass is 15.1. The maximum absolute atomic E-state index is 4.25. The molecule has 0 aromatic carbocycles. The van der Waals surface area contributed by atoms with E-state index in [-0.39, 0.29) is 0 Å². The highest BCUT2D eigenvalue weighted by molar-refractivity contribution is 5.07. The van der Waals surface area contributed by atoms with Crippen LogP contribution in [0.3, 0.4) is 0 Å². The summed E-state index contributed by atoms with van der Waals surface area (Å²) in [5, 5.41) is 8.24. The quantitative estimate of drug-likeness (QED) is 0.706. The lowest BCUT2D eigenvalue weighted by molar-refractivity contribution is 0.299. The maximum Gasteiger partial charge on any atom is 0.0661 e. The Morgan fingerprint density at radius 1 is 1.18 bits per heavy atom. The molecule has 1 aliphatic rings. The Morgan fingerprint density at radius 3 is 2.65 bits per heavy atom. The van der Waals surface area contributed by atoms with Gasteiger partial charge in [-0.1, -0.05) is 32.6 Å². The van der Waals surface area contributed by atoms with Crippen LogP contribution in [0.1, 0.15) is 69.9 Å². The molecule has 0 bridgehead atoms. The van der Waals surface area contributed by atoms with Gasteiger partial charge in [0.05, 0.1) is 5.69 Å². The van der Waals surface area contributed by atoms with E-state index in [9.17, 15) is 0 Å². The molecule has 2 nitrogen and oxygen atoms in total. The van der Waals surface area contributed by atoms with Crippen molar-refractivity contribution in [1.29, 1.82) is 0 Å². The van der Waals surface area contributed by atoms with Gasteiger partial charge in [-0.15, -0.1) is 0 Å². The minimum Gasteiger partial charge on any atom is -0.159 e. The minimum atomic E-state index is 0.672. The molecule has 2 rings (SSSR count). The standard InChI is InChI=1S/C15H24N2/c1-2-3-4-6-13-8-10-14(11-9-13)15-7-5-12-16-17-15/h5,7,12-14H,2-4,6,8-11H2,1H3/t13-,14-. The van der Waals surface area contributed by atoms with Crippen LogP contribution in [0, 0.1) is 5.92 Å². The molecule has 1 saturated carbocycles. The van der Waals surface area contributed by atoms with Crippen molar-refractivity contribution < 1.29 is 0 Å². The van der Waals surface area contributed by atoms with E-state index in [1.807, 2.05) is 6.07 Å². The lowest BCUT2D eigenvalue weighted by Crippen LogP contribution is -2.14. The number of nitrogens with zero attached hydrogens (tertiary/aromatic N) is 2. The summed E-state index contributed by atoms with van der Waals surface area (Å²) in [5.74, 6) is 1.65. The van der Waals surface area contributed by atoms with Crippen molar-refractivity contribution in [2.24, 2.45) is 5.92 Å². The van der Waals surface area contributed by atoms with Gasteiger partial charge in [-0.3, -0.25) is 0 Å². The summed E-state index contributed by atoms with van der Waals surface area (Å²) in [5.41, 5.74) is 1.21. The summed E-state index contributed by atoms with van der Waals surface area (Å²) in [6.07, 6.45) is 12.8. The van der Waals surface area contributed by atoms with Crippen LogP contribution in [0.15, 0.2) is 18.3 Å². The zero-order valence-electron chi connectivity index (χ0n) is 10.9. The maximum atomic E-state index is 4.25. The van der Waals surface area contributed by atoms with Crippen LogP contribution in [0.5, 0.6) is 0 Å². The van der Waals surface area contributed by atoms with E-state index in [0.29, 0.717) is 5.92 Å². The molecule has 17 heavy (non-hydrogen) atoms. The molecule has 0 spiro atoms. The molecule has 94 valence electrons. The molecule has 0 N–H and O–H groups in total. The average molecular weight is 232 g/mol. The monoisotopic (exact) mass is 232 g/mol. The number of unbranched alkanes of at least 4 members (excludes halogenated alkanes) is 2. The van der Waals surface area contributed by atoms with Crippen LogP contribution < -0.4 is 0 Å². The van der Waals surface area contributed by atoms with Gasteiger partial charge < -0.3 is 0 Å². The van der Waals surface area contributed by atoms with E-state index >= 15 is 0 Å². The normalized spacial score (nSPS) is 24.8. The van der Waals surface area contributed by atoms with E-state index in [1.165, 1.54) is 57.1 Å². The minimum absolute atomic E-state index is 0.672. The van der Waals surface area contributed by atoms with Gasteiger partial charge in [0.1, 0.15) is 0 Å². The van der Waals surface area contributed by atoms with Gasteiger partial charge in [-0.2, -0.15) is 10.2 Å². The fraction of sp³-hybridized carbons (Fsp3) is 0.733. The van der Waals surface area contributed by atoms with Crippen molar-refractivity contribution in [3.05, 3.63) is 24.0 Å². The van der Waals surface area contributed by atoms with Gasteiger partial charge in [0, 0.05) is 12.1 Å². The largest absolute Gasteiger partial charge is 0.159 e. The van der Waals surface area contributed by atoms with Crippen LogP contribution >= 0.6 is 0 Å². The summed E-state index contributed by atoms with van der Waals surface area (Å²) >= 11 is 0. The van der Waals surface area contributed by atoms with Crippen LogP contribution in [-0.2, 0) is 0 Å². The lowest BCUT2D eigenvalue weighted by Gasteiger charge is -2.27. The summed E-state index contributed by atoms with van der Waals surface area (Å²) in [6.45, 7) is 2.28. The van der Waals surface area contributed by atoms with E-state index in [0.717, 1.165) is 5.92 Å². The molecule has 1 fully saturated rings. The van der Waals surface area contributed by atoms with Crippen molar-refractivity contribution in [1.82, 2.24) is 10.2 Å². The van der Waals surface area contributed by atoms with Gasteiger partial charge in [0.15, 0.2) is 0 Å². The molecule has 1 heterocycles. The molecular formula is C15H24N2. The third-order valence-corrected chi connectivity index (χ3v) is 4.07. The second-order valence-electron chi connectivity index (χ2n) is 5.36. The molecule has 0 radical (unpaired) electrons. The second-order valence-corrected chi connectivity index (χ2v) is 5.36. The van der Waals surface area contributed by atoms with Crippen LogP contribution in [0.25, 0.3) is 0 Å². The first-order valence-corrected chi connectivity index (χ1v) is 7.17.